The molecule has 1 aromatic rings. The Bertz CT molecular complexity index is 548. The number of hydrogen-bond acceptors (Lipinski definition) is 4. The summed E-state index contributed by atoms with van der Waals surface area (Å²) in [5, 5.41) is -0.411. The number of aliphatic imine (C=N–C) groups is 1. The van der Waals surface area contributed by atoms with E-state index in [9.17, 15) is 13.2 Å². The Labute approximate surface area is 95.1 Å². The lowest BCUT2D eigenvalue weighted by Gasteiger charge is -2.02. The molecule has 15 heavy (non-hydrogen) atoms. The maximum Gasteiger partial charge on any atom is 0.296 e. The molecule has 0 saturated heterocycles. The molecule has 0 unspecified atom stereocenters. The summed E-state index contributed by atoms with van der Waals surface area (Å²) in [5.74, 6) is 0. The summed E-state index contributed by atoms with van der Waals surface area (Å²) in [6.07, 6.45) is 1.23. The van der Waals surface area contributed by atoms with Gasteiger partial charge >= 0.3 is 0 Å². The van der Waals surface area contributed by atoms with Gasteiger partial charge in [0.25, 0.3) is 10.1 Å². The Hall–Kier alpha value is -0.910. The van der Waals surface area contributed by atoms with Crippen LogP contribution in [0.1, 0.15) is 0 Å². The van der Waals surface area contributed by atoms with E-state index in [2.05, 4.69) is 4.99 Å². The van der Waals surface area contributed by atoms with Crippen molar-refractivity contribution < 1.29 is 17.8 Å². The molecule has 0 aliphatic carbocycles. The van der Waals surface area contributed by atoms with Gasteiger partial charge in [0, 0.05) is 0 Å². The average Bonchev–Trinajstić information content (AvgIpc) is 2.09. The van der Waals surface area contributed by atoms with Crippen LogP contribution in [0.15, 0.2) is 22.0 Å². The largest absolute Gasteiger partial charge is 0.296 e. The van der Waals surface area contributed by atoms with Gasteiger partial charge in [-0.1, -0.05) is 23.2 Å². The first kappa shape index (κ1) is 12.2. The van der Waals surface area contributed by atoms with Crippen molar-refractivity contribution in [3.05, 3.63) is 22.2 Å². The molecule has 0 radical (unpaired) electrons. The second-order valence-electron chi connectivity index (χ2n) is 2.41. The van der Waals surface area contributed by atoms with Crippen LogP contribution in [-0.4, -0.2) is 19.1 Å². The third-order valence-corrected chi connectivity index (χ3v) is 3.07. The maximum atomic E-state index is 10.8. The van der Waals surface area contributed by atoms with E-state index in [1.54, 1.807) is 0 Å². The van der Waals surface area contributed by atoms with Crippen LogP contribution in [0.4, 0.5) is 5.69 Å². The predicted molar refractivity (Wildman–Crippen MR) is 54.1 cm³/mol. The second-order valence-corrected chi connectivity index (χ2v) is 4.62. The minimum atomic E-state index is -4.44. The standard InChI is InChI=1S/C7H3Cl2NO4S/c8-4-2-7(15(12,13)14)5(9)1-6(4)10-3-11/h1-2H,(H,12,13,14). The molecule has 0 aliphatic heterocycles. The lowest BCUT2D eigenvalue weighted by atomic mass is 10.3. The maximum absolute atomic E-state index is 10.8. The molecule has 1 aromatic carbocycles. The number of halogens is 2. The van der Waals surface area contributed by atoms with Gasteiger partial charge in [0.15, 0.2) is 0 Å². The predicted octanol–water partition coefficient (Wildman–Crippen LogP) is 2.21. The summed E-state index contributed by atoms with van der Waals surface area (Å²) in [6.45, 7) is 0. The van der Waals surface area contributed by atoms with Crippen LogP contribution in [-0.2, 0) is 14.9 Å². The first-order valence-corrected chi connectivity index (χ1v) is 5.60. The zero-order valence-electron chi connectivity index (χ0n) is 6.94. The van der Waals surface area contributed by atoms with Crippen molar-refractivity contribution in [2.24, 2.45) is 4.99 Å². The van der Waals surface area contributed by atoms with Crippen molar-refractivity contribution in [1.29, 1.82) is 0 Å². The smallest absolute Gasteiger partial charge is 0.282 e. The highest BCUT2D eigenvalue weighted by Crippen LogP contribution is 2.33. The molecule has 0 fully saturated rings. The minimum absolute atomic E-state index is 0.0240. The van der Waals surface area contributed by atoms with E-state index in [1.165, 1.54) is 6.08 Å². The van der Waals surface area contributed by atoms with E-state index < -0.39 is 15.0 Å². The third kappa shape index (κ3) is 2.77. The van der Waals surface area contributed by atoms with Gasteiger partial charge in [-0.3, -0.25) is 4.55 Å². The molecule has 8 heteroatoms. The third-order valence-electron chi connectivity index (χ3n) is 1.45. The fourth-order valence-electron chi connectivity index (χ4n) is 0.851. The van der Waals surface area contributed by atoms with Crippen LogP contribution in [0, 0.1) is 0 Å². The van der Waals surface area contributed by atoms with Crippen molar-refractivity contribution in [2.75, 3.05) is 0 Å². The topological polar surface area (TPSA) is 83.8 Å². The Kier molecular flexibility index (Phi) is 3.49. The highest BCUT2D eigenvalue weighted by Gasteiger charge is 2.17. The highest BCUT2D eigenvalue weighted by molar-refractivity contribution is 7.86. The van der Waals surface area contributed by atoms with Crippen molar-refractivity contribution >= 4 is 45.1 Å². The Morgan fingerprint density at radius 2 is 1.87 bits per heavy atom. The zero-order valence-corrected chi connectivity index (χ0v) is 9.27. The summed E-state index contributed by atoms with van der Waals surface area (Å²) in [7, 11) is -4.44. The Balaban J connectivity index is 3.52. The molecule has 0 spiro atoms. The first-order chi connectivity index (χ1) is 6.86. The van der Waals surface area contributed by atoms with Crippen LogP contribution in [0.25, 0.3) is 0 Å². The fourth-order valence-corrected chi connectivity index (χ4v) is 2.14. The lowest BCUT2D eigenvalue weighted by molar-refractivity contribution is 0.483. The van der Waals surface area contributed by atoms with Gasteiger partial charge in [0.05, 0.1) is 15.7 Å². The number of isocyanates is 1. The number of hydrogen-bond donors (Lipinski definition) is 1. The van der Waals surface area contributed by atoms with Crippen LogP contribution >= 0.6 is 23.2 Å². The van der Waals surface area contributed by atoms with E-state index in [1.807, 2.05) is 0 Å². The molecule has 0 atom stereocenters. The van der Waals surface area contributed by atoms with Gasteiger partial charge in [-0.2, -0.15) is 13.4 Å². The molecule has 0 aliphatic rings. The van der Waals surface area contributed by atoms with Crippen molar-refractivity contribution in [3.8, 4) is 0 Å². The number of rotatable bonds is 2. The van der Waals surface area contributed by atoms with E-state index in [0.717, 1.165) is 12.1 Å². The summed E-state index contributed by atoms with van der Waals surface area (Å²) in [4.78, 5) is 12.6. The van der Waals surface area contributed by atoms with Crippen LogP contribution in [0.2, 0.25) is 10.0 Å². The van der Waals surface area contributed by atoms with Crippen molar-refractivity contribution in [2.45, 2.75) is 4.90 Å². The van der Waals surface area contributed by atoms with E-state index in [4.69, 9.17) is 27.8 Å². The molecule has 1 rings (SSSR count). The van der Waals surface area contributed by atoms with E-state index in [-0.39, 0.29) is 15.7 Å². The molecular formula is C7H3Cl2NO4S. The molecule has 0 saturated carbocycles. The Morgan fingerprint density at radius 3 is 2.33 bits per heavy atom. The van der Waals surface area contributed by atoms with Gasteiger partial charge < -0.3 is 0 Å². The number of carbonyl (C=O) groups excluding carboxylic acids is 1. The summed E-state index contributed by atoms with van der Waals surface area (Å²) in [6, 6.07) is 1.94. The molecule has 1 N–H and O–H groups in total. The van der Waals surface area contributed by atoms with Crippen LogP contribution in [0.5, 0.6) is 0 Å². The van der Waals surface area contributed by atoms with Gasteiger partial charge in [0.2, 0.25) is 6.08 Å². The first-order valence-electron chi connectivity index (χ1n) is 3.40. The summed E-state index contributed by atoms with van der Waals surface area (Å²) in [5.41, 5.74) is -0.0240. The monoisotopic (exact) mass is 267 g/mol. The lowest BCUT2D eigenvalue weighted by Crippen LogP contribution is -1.98. The van der Waals surface area contributed by atoms with Gasteiger partial charge in [-0.15, -0.1) is 0 Å². The van der Waals surface area contributed by atoms with Crippen molar-refractivity contribution in [1.82, 2.24) is 0 Å². The average molecular weight is 268 g/mol. The SMILES string of the molecule is O=C=Nc1cc(Cl)c(S(=O)(=O)O)cc1Cl. The molecule has 0 heterocycles. The fraction of sp³-hybridized carbons (Fsp3) is 0. The van der Waals surface area contributed by atoms with Crippen LogP contribution < -0.4 is 0 Å². The van der Waals surface area contributed by atoms with E-state index >= 15 is 0 Å². The van der Waals surface area contributed by atoms with Gasteiger partial charge in [-0.05, 0) is 12.1 Å². The second kappa shape index (κ2) is 4.30. The van der Waals surface area contributed by atoms with E-state index in [0.29, 0.717) is 0 Å². The van der Waals surface area contributed by atoms with Crippen molar-refractivity contribution in [3.63, 3.8) is 0 Å². The zero-order chi connectivity index (χ0) is 11.6. The highest BCUT2D eigenvalue weighted by atomic mass is 35.5. The quantitative estimate of drug-likeness (QED) is 0.506. The minimum Gasteiger partial charge on any atom is -0.282 e. The number of benzene rings is 1. The molecule has 0 aromatic heterocycles. The number of nitrogens with zero attached hydrogens (tertiary/aromatic N) is 1. The normalized spacial score (nSPS) is 10.9. The molecule has 5 nitrogen and oxygen atoms in total. The molecule has 80 valence electrons. The summed E-state index contributed by atoms with van der Waals surface area (Å²) < 4.78 is 30.3. The van der Waals surface area contributed by atoms with Gasteiger partial charge in [0.1, 0.15) is 4.90 Å². The summed E-state index contributed by atoms with van der Waals surface area (Å²) >= 11 is 11.1. The molecule has 0 amide bonds. The Morgan fingerprint density at radius 1 is 1.27 bits per heavy atom. The molecular weight excluding hydrogens is 265 g/mol. The van der Waals surface area contributed by atoms with Crippen LogP contribution in [0.3, 0.4) is 0 Å². The molecule has 0 bridgehead atoms. The van der Waals surface area contributed by atoms with Gasteiger partial charge in [-0.25, -0.2) is 4.79 Å².